The van der Waals surface area contributed by atoms with Gasteiger partial charge in [-0.15, -0.1) is 0 Å². The van der Waals surface area contributed by atoms with Crippen molar-refractivity contribution >= 4 is 24.0 Å². The van der Waals surface area contributed by atoms with Gasteiger partial charge in [0.15, 0.2) is 0 Å². The highest BCUT2D eigenvalue weighted by Crippen LogP contribution is 2.34. The lowest BCUT2D eigenvalue weighted by molar-refractivity contribution is -0.132. The number of carbonyl (C=O) groups is 2. The minimum atomic E-state index is -0.944. The number of anilines is 1. The zero-order chi connectivity index (χ0) is 22.4. The Labute approximate surface area is 180 Å². The summed E-state index contributed by atoms with van der Waals surface area (Å²) in [5.74, 6) is -0.890. The van der Waals surface area contributed by atoms with Gasteiger partial charge in [0.1, 0.15) is 6.29 Å². The van der Waals surface area contributed by atoms with E-state index in [1.165, 1.54) is 5.69 Å². The fourth-order valence-corrected chi connectivity index (χ4v) is 4.12. The van der Waals surface area contributed by atoms with Crippen molar-refractivity contribution in [2.75, 3.05) is 4.90 Å². The quantitative estimate of drug-likeness (QED) is 0.400. The molecule has 0 aliphatic heterocycles. The molecular weight excluding hydrogens is 374 g/mol. The van der Waals surface area contributed by atoms with Gasteiger partial charge in [-0.25, -0.2) is 4.79 Å². The fraction of sp³-hybridized carbons (Fsp3) is 0.385. The van der Waals surface area contributed by atoms with E-state index in [1.807, 2.05) is 12.1 Å². The Morgan fingerprint density at radius 2 is 1.73 bits per heavy atom. The van der Waals surface area contributed by atoms with Crippen LogP contribution in [-0.4, -0.2) is 29.4 Å². The molecule has 0 aliphatic rings. The topological polar surface area (TPSA) is 57.6 Å². The van der Waals surface area contributed by atoms with E-state index >= 15 is 0 Å². The monoisotopic (exact) mass is 407 g/mol. The summed E-state index contributed by atoms with van der Waals surface area (Å²) in [6.45, 7) is 12.5. The summed E-state index contributed by atoms with van der Waals surface area (Å²) in [5, 5.41) is 9.32. The van der Waals surface area contributed by atoms with Crippen LogP contribution in [0.4, 0.5) is 5.69 Å². The van der Waals surface area contributed by atoms with Gasteiger partial charge in [0.2, 0.25) is 0 Å². The summed E-state index contributed by atoms with van der Waals surface area (Å²) < 4.78 is 0. The predicted molar refractivity (Wildman–Crippen MR) is 124 cm³/mol. The van der Waals surface area contributed by atoms with Gasteiger partial charge in [0.25, 0.3) is 0 Å². The molecule has 0 saturated heterocycles. The van der Waals surface area contributed by atoms with E-state index in [1.54, 1.807) is 19.1 Å². The molecule has 2 aromatic rings. The molecule has 1 atom stereocenters. The van der Waals surface area contributed by atoms with E-state index in [4.69, 9.17) is 0 Å². The first-order valence-electron chi connectivity index (χ1n) is 10.6. The predicted octanol–water partition coefficient (Wildman–Crippen LogP) is 6.15. The van der Waals surface area contributed by atoms with Crippen LogP contribution in [0.1, 0.15) is 80.9 Å². The number of benzene rings is 2. The maximum atomic E-state index is 11.4. The van der Waals surface area contributed by atoms with Gasteiger partial charge >= 0.3 is 5.97 Å². The van der Waals surface area contributed by atoms with Gasteiger partial charge in [0, 0.05) is 34.8 Å². The van der Waals surface area contributed by atoms with Crippen molar-refractivity contribution < 1.29 is 14.7 Å². The Morgan fingerprint density at radius 3 is 2.27 bits per heavy atom. The molecule has 4 heteroatoms. The molecule has 0 aliphatic carbocycles. The van der Waals surface area contributed by atoms with Crippen LogP contribution in [0, 0.1) is 0 Å². The molecule has 160 valence electrons. The number of hydrogen-bond donors (Lipinski definition) is 1. The standard InChI is InChI=1S/C26H33NO3/c1-7-24(21-9-8-10-23(15-21)27(17(2)3)18(4)5)25-14-20(16-28)11-12-22(25)13-19(6)26(29)30/h8-18,24H,7H2,1-6H3,(H,29,30)/b19-13+/t24-/m1/s1. The van der Waals surface area contributed by atoms with Gasteiger partial charge in [0.05, 0.1) is 0 Å². The molecule has 0 spiro atoms. The normalized spacial score (nSPS) is 12.9. The summed E-state index contributed by atoms with van der Waals surface area (Å²) in [4.78, 5) is 25.2. The number of hydrogen-bond acceptors (Lipinski definition) is 3. The summed E-state index contributed by atoms with van der Waals surface area (Å²) in [6.07, 6.45) is 3.36. The van der Waals surface area contributed by atoms with Crippen molar-refractivity contribution in [3.05, 3.63) is 70.3 Å². The van der Waals surface area contributed by atoms with E-state index < -0.39 is 5.97 Å². The number of aliphatic carboxylic acids is 1. The van der Waals surface area contributed by atoms with Crippen molar-refractivity contribution in [2.45, 2.75) is 66.0 Å². The Bertz CT molecular complexity index is 920. The highest BCUT2D eigenvalue weighted by molar-refractivity contribution is 5.92. The molecule has 2 rings (SSSR count). The summed E-state index contributed by atoms with van der Waals surface area (Å²) >= 11 is 0. The molecule has 0 heterocycles. The lowest BCUT2D eigenvalue weighted by Crippen LogP contribution is -2.37. The molecule has 0 amide bonds. The lowest BCUT2D eigenvalue weighted by Gasteiger charge is -2.34. The Morgan fingerprint density at radius 1 is 1.07 bits per heavy atom. The van der Waals surface area contributed by atoms with Crippen molar-refractivity contribution in [1.29, 1.82) is 0 Å². The number of carboxylic acids is 1. The van der Waals surface area contributed by atoms with Crippen LogP contribution in [0.5, 0.6) is 0 Å². The Hall–Kier alpha value is -2.88. The number of carbonyl (C=O) groups excluding carboxylic acids is 1. The highest BCUT2D eigenvalue weighted by Gasteiger charge is 2.20. The van der Waals surface area contributed by atoms with Gasteiger partial charge in [-0.05, 0) is 82.0 Å². The first-order chi connectivity index (χ1) is 14.2. The molecule has 0 bridgehead atoms. The average molecular weight is 408 g/mol. The second-order valence-electron chi connectivity index (χ2n) is 8.29. The minimum Gasteiger partial charge on any atom is -0.478 e. The number of rotatable bonds is 9. The first-order valence-corrected chi connectivity index (χ1v) is 10.6. The molecule has 0 aromatic heterocycles. The van der Waals surface area contributed by atoms with Crippen LogP contribution in [-0.2, 0) is 4.79 Å². The second-order valence-corrected chi connectivity index (χ2v) is 8.29. The highest BCUT2D eigenvalue weighted by atomic mass is 16.4. The average Bonchev–Trinajstić information content (AvgIpc) is 2.69. The van der Waals surface area contributed by atoms with Crippen molar-refractivity contribution in [3.63, 3.8) is 0 Å². The molecule has 2 aromatic carbocycles. The number of nitrogens with zero attached hydrogens (tertiary/aromatic N) is 1. The van der Waals surface area contributed by atoms with Gasteiger partial charge in [-0.3, -0.25) is 4.79 Å². The van der Waals surface area contributed by atoms with E-state index in [0.29, 0.717) is 17.6 Å². The maximum Gasteiger partial charge on any atom is 0.331 e. The third-order valence-corrected chi connectivity index (χ3v) is 5.42. The summed E-state index contributed by atoms with van der Waals surface area (Å²) in [6, 6.07) is 14.7. The minimum absolute atomic E-state index is 0.0545. The van der Waals surface area contributed by atoms with Crippen LogP contribution in [0.2, 0.25) is 0 Å². The van der Waals surface area contributed by atoms with Crippen LogP contribution in [0.15, 0.2) is 48.0 Å². The molecular formula is C26H33NO3. The summed E-state index contributed by atoms with van der Waals surface area (Å²) in [7, 11) is 0. The van der Waals surface area contributed by atoms with Crippen LogP contribution in [0.25, 0.3) is 6.08 Å². The molecule has 1 N–H and O–H groups in total. The van der Waals surface area contributed by atoms with Gasteiger partial charge < -0.3 is 10.0 Å². The SMILES string of the molecule is CC[C@H](c1cccc(N(C(C)C)C(C)C)c1)c1cc(C=O)ccc1/C=C(\C)C(=O)O. The van der Waals surface area contributed by atoms with Crippen LogP contribution >= 0.6 is 0 Å². The van der Waals surface area contributed by atoms with Crippen LogP contribution < -0.4 is 4.90 Å². The fourth-order valence-electron chi connectivity index (χ4n) is 4.12. The van der Waals surface area contributed by atoms with Crippen LogP contribution in [0.3, 0.4) is 0 Å². The largest absolute Gasteiger partial charge is 0.478 e. The summed E-state index contributed by atoms with van der Waals surface area (Å²) in [5.41, 5.74) is 5.00. The number of carboxylic acid groups (broad SMARTS) is 1. The lowest BCUT2D eigenvalue weighted by atomic mass is 9.84. The van der Waals surface area contributed by atoms with Crippen molar-refractivity contribution in [1.82, 2.24) is 0 Å². The van der Waals surface area contributed by atoms with Gasteiger partial charge in [-0.2, -0.15) is 0 Å². The molecule has 0 fully saturated rings. The third-order valence-electron chi connectivity index (χ3n) is 5.42. The molecule has 0 radical (unpaired) electrons. The van der Waals surface area contributed by atoms with E-state index in [0.717, 1.165) is 29.4 Å². The zero-order valence-corrected chi connectivity index (χ0v) is 18.8. The second kappa shape index (κ2) is 10.2. The third kappa shape index (κ3) is 5.38. The van der Waals surface area contributed by atoms with Gasteiger partial charge in [-0.1, -0.05) is 31.2 Å². The molecule has 30 heavy (non-hydrogen) atoms. The molecule has 0 unspecified atom stereocenters. The maximum absolute atomic E-state index is 11.4. The van der Waals surface area contributed by atoms with E-state index in [-0.39, 0.29) is 11.5 Å². The van der Waals surface area contributed by atoms with E-state index in [9.17, 15) is 14.7 Å². The number of aldehydes is 1. The Balaban J connectivity index is 2.62. The molecule has 4 nitrogen and oxygen atoms in total. The van der Waals surface area contributed by atoms with E-state index in [2.05, 4.69) is 63.8 Å². The molecule has 0 saturated carbocycles. The van der Waals surface area contributed by atoms with Crippen molar-refractivity contribution in [2.24, 2.45) is 0 Å². The smallest absolute Gasteiger partial charge is 0.331 e. The first kappa shape index (κ1) is 23.4. The zero-order valence-electron chi connectivity index (χ0n) is 18.8. The Kier molecular flexibility index (Phi) is 7.99. The van der Waals surface area contributed by atoms with Crippen molar-refractivity contribution in [3.8, 4) is 0 Å².